The van der Waals surface area contributed by atoms with Crippen molar-refractivity contribution in [2.45, 2.75) is 0 Å². The van der Waals surface area contributed by atoms with E-state index in [-0.39, 0.29) is 0 Å². The molecule has 0 aliphatic heterocycles. The van der Waals surface area contributed by atoms with Gasteiger partial charge in [-0.05, 0) is 6.07 Å². The van der Waals surface area contributed by atoms with Crippen LogP contribution in [-0.4, -0.2) is 19.2 Å². The van der Waals surface area contributed by atoms with Gasteiger partial charge in [0.15, 0.2) is 5.65 Å². The average Bonchev–Trinajstić information content (AvgIpc) is 2.83. The summed E-state index contributed by atoms with van der Waals surface area (Å²) in [5.41, 5.74) is 2.46. The third-order valence-corrected chi connectivity index (χ3v) is 2.96. The zero-order valence-corrected chi connectivity index (χ0v) is 10.4. The Morgan fingerprint density at radius 3 is 2.71 bits per heavy atom. The highest BCUT2D eigenvalue weighted by molar-refractivity contribution is 6.36. The van der Waals surface area contributed by atoms with Crippen LogP contribution in [0.1, 0.15) is 0 Å². The molecule has 0 aliphatic rings. The van der Waals surface area contributed by atoms with Crippen molar-refractivity contribution >= 4 is 28.8 Å². The molecule has 0 unspecified atom stereocenters. The fourth-order valence-electron chi connectivity index (χ4n) is 1.72. The predicted molar refractivity (Wildman–Crippen MR) is 67.4 cm³/mol. The number of aryl methyl sites for hydroxylation is 1. The molecule has 6 heteroatoms. The molecular formula is C11H8Cl2N4. The van der Waals surface area contributed by atoms with Gasteiger partial charge in [0.25, 0.3) is 0 Å². The number of hydrogen-bond acceptors (Lipinski definition) is 2. The molecule has 0 saturated heterocycles. The van der Waals surface area contributed by atoms with Crippen molar-refractivity contribution in [3.05, 3.63) is 40.9 Å². The minimum Gasteiger partial charge on any atom is -0.304 e. The Kier molecular flexibility index (Phi) is 2.34. The number of pyridine rings is 1. The van der Waals surface area contributed by atoms with E-state index in [1.807, 2.05) is 23.8 Å². The molecule has 4 nitrogen and oxygen atoms in total. The van der Waals surface area contributed by atoms with Crippen LogP contribution < -0.4 is 0 Å². The zero-order chi connectivity index (χ0) is 12.0. The van der Waals surface area contributed by atoms with Gasteiger partial charge in [-0.25, -0.2) is 4.98 Å². The smallest absolute Gasteiger partial charge is 0.156 e. The van der Waals surface area contributed by atoms with Gasteiger partial charge in [-0.3, -0.25) is 4.68 Å². The van der Waals surface area contributed by atoms with E-state index in [0.717, 1.165) is 11.3 Å². The van der Waals surface area contributed by atoms with E-state index >= 15 is 0 Å². The molecule has 0 N–H and O–H groups in total. The molecule has 0 atom stereocenters. The number of rotatable bonds is 1. The summed E-state index contributed by atoms with van der Waals surface area (Å²) in [6.07, 6.45) is 7.31. The van der Waals surface area contributed by atoms with Gasteiger partial charge >= 0.3 is 0 Å². The maximum atomic E-state index is 6.08. The number of imidazole rings is 1. The zero-order valence-electron chi connectivity index (χ0n) is 8.93. The molecule has 3 aromatic heterocycles. The van der Waals surface area contributed by atoms with Crippen molar-refractivity contribution in [2.75, 3.05) is 0 Å². The van der Waals surface area contributed by atoms with Crippen LogP contribution in [0.25, 0.3) is 16.9 Å². The lowest BCUT2D eigenvalue weighted by Gasteiger charge is -1.95. The first-order valence-corrected chi connectivity index (χ1v) is 5.72. The van der Waals surface area contributed by atoms with Crippen molar-refractivity contribution in [3.8, 4) is 11.3 Å². The number of halogens is 2. The Morgan fingerprint density at radius 2 is 2.00 bits per heavy atom. The largest absolute Gasteiger partial charge is 0.304 e. The number of aromatic nitrogens is 4. The maximum Gasteiger partial charge on any atom is 0.156 e. The number of hydrogen-bond donors (Lipinski definition) is 0. The lowest BCUT2D eigenvalue weighted by atomic mass is 10.3. The highest BCUT2D eigenvalue weighted by Crippen LogP contribution is 2.25. The second-order valence-electron chi connectivity index (χ2n) is 3.77. The van der Waals surface area contributed by atoms with Crippen LogP contribution >= 0.6 is 23.2 Å². The van der Waals surface area contributed by atoms with Gasteiger partial charge in [-0.1, -0.05) is 23.2 Å². The standard InChI is InChI=1S/C11H8Cl2N4/c1-16-4-7(3-14-16)10-6-17-5-8(12)2-9(13)11(17)15-10/h2-6H,1H3. The first-order chi connectivity index (χ1) is 8.13. The summed E-state index contributed by atoms with van der Waals surface area (Å²) in [5.74, 6) is 0. The summed E-state index contributed by atoms with van der Waals surface area (Å²) in [5, 5.41) is 5.23. The lowest BCUT2D eigenvalue weighted by molar-refractivity contribution is 0.768. The first-order valence-electron chi connectivity index (χ1n) is 4.96. The Morgan fingerprint density at radius 1 is 1.18 bits per heavy atom. The molecule has 0 spiro atoms. The van der Waals surface area contributed by atoms with Crippen LogP contribution in [0.15, 0.2) is 30.9 Å². The van der Waals surface area contributed by atoms with E-state index in [2.05, 4.69) is 10.1 Å². The summed E-state index contributed by atoms with van der Waals surface area (Å²) in [7, 11) is 1.86. The average molecular weight is 267 g/mol. The molecule has 3 rings (SSSR count). The summed E-state index contributed by atoms with van der Waals surface area (Å²) >= 11 is 12.0. The van der Waals surface area contributed by atoms with E-state index in [1.165, 1.54) is 0 Å². The molecule has 0 aromatic carbocycles. The highest BCUT2D eigenvalue weighted by Gasteiger charge is 2.09. The molecule has 86 valence electrons. The normalized spacial score (nSPS) is 11.2. The van der Waals surface area contributed by atoms with Crippen molar-refractivity contribution < 1.29 is 0 Å². The Hall–Kier alpha value is -1.52. The van der Waals surface area contributed by atoms with Crippen LogP contribution in [0.2, 0.25) is 10.0 Å². The van der Waals surface area contributed by atoms with E-state index in [1.54, 1.807) is 23.1 Å². The van der Waals surface area contributed by atoms with Gasteiger partial charge in [-0.2, -0.15) is 5.10 Å². The van der Waals surface area contributed by atoms with E-state index < -0.39 is 0 Å². The predicted octanol–water partition coefficient (Wildman–Crippen LogP) is 3.04. The fraction of sp³-hybridized carbons (Fsp3) is 0.0909. The number of nitrogens with zero attached hydrogens (tertiary/aromatic N) is 4. The van der Waals surface area contributed by atoms with Crippen LogP contribution in [0.3, 0.4) is 0 Å². The van der Waals surface area contributed by atoms with E-state index in [9.17, 15) is 0 Å². The summed E-state index contributed by atoms with van der Waals surface area (Å²) in [6.45, 7) is 0. The first kappa shape index (κ1) is 10.6. The highest BCUT2D eigenvalue weighted by atomic mass is 35.5. The summed E-state index contributed by atoms with van der Waals surface area (Å²) in [6, 6.07) is 1.68. The van der Waals surface area contributed by atoms with Crippen molar-refractivity contribution in [2.24, 2.45) is 7.05 Å². The topological polar surface area (TPSA) is 35.1 Å². The van der Waals surface area contributed by atoms with Crippen LogP contribution in [0, 0.1) is 0 Å². The van der Waals surface area contributed by atoms with Gasteiger partial charge in [0.05, 0.1) is 21.9 Å². The SMILES string of the molecule is Cn1cc(-c2cn3cc(Cl)cc(Cl)c3n2)cn1. The second-order valence-corrected chi connectivity index (χ2v) is 4.61. The third-order valence-electron chi connectivity index (χ3n) is 2.47. The van der Waals surface area contributed by atoms with Crippen LogP contribution in [0.5, 0.6) is 0 Å². The summed E-state index contributed by atoms with van der Waals surface area (Å²) in [4.78, 5) is 4.46. The third kappa shape index (κ3) is 1.79. The molecule has 0 aliphatic carbocycles. The van der Waals surface area contributed by atoms with E-state index in [4.69, 9.17) is 23.2 Å². The second kappa shape index (κ2) is 3.75. The van der Waals surface area contributed by atoms with Crippen LogP contribution in [0.4, 0.5) is 0 Å². The van der Waals surface area contributed by atoms with Crippen molar-refractivity contribution in [3.63, 3.8) is 0 Å². The molecule has 17 heavy (non-hydrogen) atoms. The van der Waals surface area contributed by atoms with Gasteiger partial charge in [0.1, 0.15) is 0 Å². The molecule has 3 aromatic rings. The Balaban J connectivity index is 2.23. The summed E-state index contributed by atoms with van der Waals surface area (Å²) < 4.78 is 3.54. The molecule has 0 bridgehead atoms. The Bertz CT molecular complexity index is 699. The monoisotopic (exact) mass is 266 g/mol. The lowest BCUT2D eigenvalue weighted by Crippen LogP contribution is -1.84. The van der Waals surface area contributed by atoms with Gasteiger partial charge < -0.3 is 4.40 Å². The van der Waals surface area contributed by atoms with E-state index in [0.29, 0.717) is 15.7 Å². The van der Waals surface area contributed by atoms with Gasteiger partial charge in [-0.15, -0.1) is 0 Å². The Labute approximate surface area is 107 Å². The molecular weight excluding hydrogens is 259 g/mol. The molecule has 0 amide bonds. The quantitative estimate of drug-likeness (QED) is 0.679. The van der Waals surface area contributed by atoms with Crippen molar-refractivity contribution in [1.82, 2.24) is 19.2 Å². The molecule has 3 heterocycles. The maximum absolute atomic E-state index is 6.08. The fourth-order valence-corrected chi connectivity index (χ4v) is 2.24. The number of fused-ring (bicyclic) bond motifs is 1. The molecule has 0 saturated carbocycles. The minimum atomic E-state index is 0.535. The molecule has 0 radical (unpaired) electrons. The minimum absolute atomic E-state index is 0.535. The molecule has 0 fully saturated rings. The van der Waals surface area contributed by atoms with Crippen molar-refractivity contribution in [1.29, 1.82) is 0 Å². The van der Waals surface area contributed by atoms with Gasteiger partial charge in [0.2, 0.25) is 0 Å². The van der Waals surface area contributed by atoms with Crippen LogP contribution in [-0.2, 0) is 7.05 Å². The van der Waals surface area contributed by atoms with Gasteiger partial charge in [0, 0.05) is 31.2 Å².